The number of nitrogens with one attached hydrogen (secondary N) is 1. The van der Waals surface area contributed by atoms with Gasteiger partial charge in [-0.3, -0.25) is 0 Å². The molecule has 2 nitrogen and oxygen atoms in total. The summed E-state index contributed by atoms with van der Waals surface area (Å²) in [5, 5.41) is 3.59. The van der Waals surface area contributed by atoms with Gasteiger partial charge in [-0.2, -0.15) is 0 Å². The molecular formula is C18H24N2. The quantitative estimate of drug-likeness (QED) is 0.860. The van der Waals surface area contributed by atoms with Crippen molar-refractivity contribution in [2.24, 2.45) is 0 Å². The molecule has 0 amide bonds. The molecule has 0 atom stereocenters. The Hall–Kier alpha value is -1.96. The van der Waals surface area contributed by atoms with E-state index >= 15 is 0 Å². The maximum absolute atomic E-state index is 3.59. The van der Waals surface area contributed by atoms with Gasteiger partial charge in [0.25, 0.3) is 0 Å². The maximum Gasteiger partial charge on any atom is 0.0621 e. The Kier molecular flexibility index (Phi) is 4.03. The fourth-order valence-corrected chi connectivity index (χ4v) is 2.36. The van der Waals surface area contributed by atoms with E-state index in [4.69, 9.17) is 0 Å². The second-order valence-corrected chi connectivity index (χ2v) is 6.33. The second kappa shape index (κ2) is 5.58. The minimum Gasteiger partial charge on any atom is -0.376 e. The zero-order valence-corrected chi connectivity index (χ0v) is 13.1. The number of anilines is 3. The maximum atomic E-state index is 3.59. The monoisotopic (exact) mass is 268 g/mol. The Morgan fingerprint density at radius 3 is 1.95 bits per heavy atom. The van der Waals surface area contributed by atoms with E-state index < -0.39 is 0 Å². The van der Waals surface area contributed by atoms with E-state index in [1.165, 1.54) is 16.9 Å². The van der Waals surface area contributed by atoms with Crippen LogP contribution in [0.3, 0.4) is 0 Å². The molecule has 20 heavy (non-hydrogen) atoms. The number of benzene rings is 2. The Balaban J connectivity index is 2.41. The molecule has 0 saturated heterocycles. The Labute approximate surface area is 122 Å². The Bertz CT molecular complexity index is 580. The SMILES string of the molecule is CN(C)c1ccccc1Nc1ccccc1C(C)(C)C. The van der Waals surface area contributed by atoms with E-state index in [0.29, 0.717) is 0 Å². The fourth-order valence-electron chi connectivity index (χ4n) is 2.36. The van der Waals surface area contributed by atoms with E-state index in [0.717, 1.165) is 5.69 Å². The molecule has 0 saturated carbocycles. The van der Waals surface area contributed by atoms with Gasteiger partial charge in [0.1, 0.15) is 0 Å². The van der Waals surface area contributed by atoms with Gasteiger partial charge in [-0.05, 0) is 29.2 Å². The first-order valence-electron chi connectivity index (χ1n) is 7.02. The van der Waals surface area contributed by atoms with Crippen LogP contribution in [0.5, 0.6) is 0 Å². The largest absolute Gasteiger partial charge is 0.376 e. The van der Waals surface area contributed by atoms with Gasteiger partial charge in [0.15, 0.2) is 0 Å². The van der Waals surface area contributed by atoms with E-state index in [9.17, 15) is 0 Å². The van der Waals surface area contributed by atoms with Gasteiger partial charge >= 0.3 is 0 Å². The average Bonchev–Trinajstić information content (AvgIpc) is 2.38. The molecule has 0 radical (unpaired) electrons. The lowest BCUT2D eigenvalue weighted by molar-refractivity contribution is 0.592. The molecule has 0 heterocycles. The normalized spacial score (nSPS) is 11.2. The third-order valence-electron chi connectivity index (χ3n) is 3.39. The van der Waals surface area contributed by atoms with Crippen molar-refractivity contribution < 1.29 is 0 Å². The highest BCUT2D eigenvalue weighted by Crippen LogP contribution is 2.33. The zero-order chi connectivity index (χ0) is 14.8. The van der Waals surface area contributed by atoms with Crippen LogP contribution in [0, 0.1) is 0 Å². The topological polar surface area (TPSA) is 15.3 Å². The summed E-state index contributed by atoms with van der Waals surface area (Å²) in [5.41, 5.74) is 4.95. The van der Waals surface area contributed by atoms with Crippen LogP contribution >= 0.6 is 0 Å². The smallest absolute Gasteiger partial charge is 0.0621 e. The average molecular weight is 268 g/mol. The van der Waals surface area contributed by atoms with Crippen LogP contribution in [0.25, 0.3) is 0 Å². The lowest BCUT2D eigenvalue weighted by Crippen LogP contribution is -2.15. The first-order valence-corrected chi connectivity index (χ1v) is 7.02. The van der Waals surface area contributed by atoms with Crippen molar-refractivity contribution in [3.8, 4) is 0 Å². The summed E-state index contributed by atoms with van der Waals surface area (Å²) in [6.07, 6.45) is 0. The molecule has 0 aliphatic carbocycles. The van der Waals surface area contributed by atoms with Crippen LogP contribution < -0.4 is 10.2 Å². The van der Waals surface area contributed by atoms with Crippen LogP contribution in [0.15, 0.2) is 48.5 Å². The van der Waals surface area contributed by atoms with Crippen LogP contribution in [0.2, 0.25) is 0 Å². The summed E-state index contributed by atoms with van der Waals surface area (Å²) in [5.74, 6) is 0. The van der Waals surface area contributed by atoms with Crippen molar-refractivity contribution in [3.63, 3.8) is 0 Å². The minimum atomic E-state index is 0.122. The molecule has 0 spiro atoms. The minimum absolute atomic E-state index is 0.122. The number of hydrogen-bond donors (Lipinski definition) is 1. The molecule has 106 valence electrons. The highest BCUT2D eigenvalue weighted by molar-refractivity contribution is 5.76. The summed E-state index contributed by atoms with van der Waals surface area (Å²) in [4.78, 5) is 2.13. The molecule has 0 unspecified atom stereocenters. The predicted octanol–water partition coefficient (Wildman–Crippen LogP) is 4.79. The van der Waals surface area contributed by atoms with E-state index in [-0.39, 0.29) is 5.41 Å². The highest BCUT2D eigenvalue weighted by Gasteiger charge is 2.18. The van der Waals surface area contributed by atoms with E-state index in [1.54, 1.807) is 0 Å². The van der Waals surface area contributed by atoms with E-state index in [2.05, 4.69) is 93.6 Å². The molecule has 0 aliphatic heterocycles. The number of nitrogens with zero attached hydrogens (tertiary/aromatic N) is 1. The van der Waals surface area contributed by atoms with Crippen molar-refractivity contribution >= 4 is 17.1 Å². The molecule has 1 N–H and O–H groups in total. The van der Waals surface area contributed by atoms with Gasteiger partial charge in [-0.1, -0.05) is 51.1 Å². The van der Waals surface area contributed by atoms with Crippen LogP contribution in [-0.2, 0) is 5.41 Å². The molecular weight excluding hydrogens is 244 g/mol. The third kappa shape index (κ3) is 3.13. The zero-order valence-electron chi connectivity index (χ0n) is 13.1. The van der Waals surface area contributed by atoms with Crippen LogP contribution in [0.1, 0.15) is 26.3 Å². The molecule has 0 bridgehead atoms. The number of hydrogen-bond acceptors (Lipinski definition) is 2. The molecule has 2 rings (SSSR count). The van der Waals surface area contributed by atoms with Crippen molar-refractivity contribution in [2.45, 2.75) is 26.2 Å². The van der Waals surface area contributed by atoms with Gasteiger partial charge in [-0.15, -0.1) is 0 Å². The van der Waals surface area contributed by atoms with Crippen molar-refractivity contribution in [1.82, 2.24) is 0 Å². The lowest BCUT2D eigenvalue weighted by Gasteiger charge is -2.25. The third-order valence-corrected chi connectivity index (χ3v) is 3.39. The summed E-state index contributed by atoms with van der Waals surface area (Å²) >= 11 is 0. The molecule has 0 aromatic heterocycles. The first-order chi connectivity index (χ1) is 9.39. The number of para-hydroxylation sites is 3. The Morgan fingerprint density at radius 2 is 1.35 bits per heavy atom. The summed E-state index contributed by atoms with van der Waals surface area (Å²) in [7, 11) is 4.13. The summed E-state index contributed by atoms with van der Waals surface area (Å²) in [6, 6.07) is 16.9. The molecule has 2 aromatic carbocycles. The van der Waals surface area contributed by atoms with Gasteiger partial charge in [-0.25, -0.2) is 0 Å². The first kappa shape index (κ1) is 14.4. The van der Waals surface area contributed by atoms with Crippen molar-refractivity contribution in [3.05, 3.63) is 54.1 Å². The lowest BCUT2D eigenvalue weighted by atomic mass is 9.86. The molecule has 2 heteroatoms. The molecule has 0 fully saturated rings. The number of rotatable bonds is 3. The van der Waals surface area contributed by atoms with Gasteiger partial charge in [0, 0.05) is 19.8 Å². The fraction of sp³-hybridized carbons (Fsp3) is 0.333. The predicted molar refractivity (Wildman–Crippen MR) is 89.2 cm³/mol. The van der Waals surface area contributed by atoms with Crippen LogP contribution in [0.4, 0.5) is 17.1 Å². The van der Waals surface area contributed by atoms with Crippen LogP contribution in [-0.4, -0.2) is 14.1 Å². The standard InChI is InChI=1S/C18H24N2/c1-18(2,3)14-10-6-7-11-15(14)19-16-12-8-9-13-17(16)20(4)5/h6-13,19H,1-5H3. The summed E-state index contributed by atoms with van der Waals surface area (Å²) < 4.78 is 0. The van der Waals surface area contributed by atoms with Crippen molar-refractivity contribution in [1.29, 1.82) is 0 Å². The highest BCUT2D eigenvalue weighted by atomic mass is 15.1. The van der Waals surface area contributed by atoms with Gasteiger partial charge < -0.3 is 10.2 Å². The molecule has 0 aliphatic rings. The van der Waals surface area contributed by atoms with Gasteiger partial charge in [0.05, 0.1) is 11.4 Å². The van der Waals surface area contributed by atoms with Gasteiger partial charge in [0.2, 0.25) is 0 Å². The summed E-state index contributed by atoms with van der Waals surface area (Å²) in [6.45, 7) is 6.72. The molecule has 2 aromatic rings. The van der Waals surface area contributed by atoms with E-state index in [1.807, 2.05) is 0 Å². The van der Waals surface area contributed by atoms with Crippen molar-refractivity contribution in [2.75, 3.05) is 24.3 Å². The Morgan fingerprint density at radius 1 is 0.800 bits per heavy atom. The second-order valence-electron chi connectivity index (χ2n) is 6.33.